The van der Waals surface area contributed by atoms with Gasteiger partial charge in [0.1, 0.15) is 0 Å². The van der Waals surface area contributed by atoms with Crippen molar-refractivity contribution in [3.05, 3.63) is 0 Å². The van der Waals surface area contributed by atoms with Crippen LogP contribution < -0.4 is 0 Å². The summed E-state index contributed by atoms with van der Waals surface area (Å²) in [6.07, 6.45) is 25.6. The summed E-state index contributed by atoms with van der Waals surface area (Å²) in [5.74, 6) is 0.698. The lowest BCUT2D eigenvalue weighted by Crippen LogP contribution is -2.30. The van der Waals surface area contributed by atoms with Crippen molar-refractivity contribution < 1.29 is 20.4 Å². The number of aliphatic hydroxyl groups excluding tert-OH is 4. The molecule has 0 atom stereocenters. The molecule has 5 nitrogen and oxygen atoms in total. The summed E-state index contributed by atoms with van der Waals surface area (Å²) < 4.78 is 0. The largest absolute Gasteiger partial charge is 0.396 e. The predicted octanol–water partition coefficient (Wildman–Crippen LogP) is 5.68. The molecular weight excluding hydrogens is 414 g/mol. The first-order valence-electron chi connectivity index (χ1n) is 14.4. The molecule has 0 saturated heterocycles. The minimum absolute atomic E-state index is 0.180. The van der Waals surface area contributed by atoms with Crippen molar-refractivity contribution in [2.45, 2.75) is 128 Å². The molecule has 0 radical (unpaired) electrons. The second-order valence-electron chi connectivity index (χ2n) is 9.98. The Hall–Kier alpha value is -0.200. The van der Waals surface area contributed by atoms with Crippen LogP contribution in [0.4, 0.5) is 0 Å². The smallest absolute Gasteiger partial charge is 0.0558 e. The lowest BCUT2D eigenvalue weighted by molar-refractivity contribution is 0.159. The fourth-order valence-electron chi connectivity index (χ4n) is 4.88. The maximum Gasteiger partial charge on any atom is 0.0558 e. The highest BCUT2D eigenvalue weighted by molar-refractivity contribution is 4.61. The van der Waals surface area contributed by atoms with Crippen molar-refractivity contribution >= 4 is 0 Å². The van der Waals surface area contributed by atoms with Crippen LogP contribution in [0.5, 0.6) is 0 Å². The third kappa shape index (κ3) is 24.7. The molecule has 200 valence electrons. The number of hydrogen-bond acceptors (Lipinski definition) is 5. The molecular formula is C28H59NO4. The van der Waals surface area contributed by atoms with Gasteiger partial charge in [-0.25, -0.2) is 0 Å². The lowest BCUT2D eigenvalue weighted by atomic mass is 9.91. The van der Waals surface area contributed by atoms with E-state index < -0.39 is 0 Å². The van der Waals surface area contributed by atoms with Crippen LogP contribution in [0.3, 0.4) is 0 Å². The Morgan fingerprint density at radius 2 is 0.667 bits per heavy atom. The average Bonchev–Trinajstić information content (AvgIpc) is 2.82. The van der Waals surface area contributed by atoms with Gasteiger partial charge in [-0.2, -0.15) is 0 Å². The van der Waals surface area contributed by atoms with Gasteiger partial charge in [0.15, 0.2) is 0 Å². The van der Waals surface area contributed by atoms with Gasteiger partial charge in [0.2, 0.25) is 0 Å². The van der Waals surface area contributed by atoms with E-state index in [1.807, 2.05) is 0 Å². The molecule has 5 heteroatoms. The molecule has 0 rings (SSSR count). The summed E-state index contributed by atoms with van der Waals surface area (Å²) >= 11 is 0. The van der Waals surface area contributed by atoms with E-state index in [9.17, 15) is 0 Å². The molecule has 0 heterocycles. The lowest BCUT2D eigenvalue weighted by Gasteiger charge is -2.19. The molecule has 0 fully saturated rings. The summed E-state index contributed by atoms with van der Waals surface area (Å²) in [4.78, 5) is 2.15. The third-order valence-corrected chi connectivity index (χ3v) is 6.96. The van der Waals surface area contributed by atoms with Crippen molar-refractivity contribution in [3.63, 3.8) is 0 Å². The average molecular weight is 474 g/mol. The fourth-order valence-corrected chi connectivity index (χ4v) is 4.88. The van der Waals surface area contributed by atoms with Gasteiger partial charge in [-0.05, 0) is 44.6 Å². The first-order chi connectivity index (χ1) is 16.3. The van der Waals surface area contributed by atoms with E-state index in [0.29, 0.717) is 32.2 Å². The molecule has 0 saturated carbocycles. The molecule has 0 spiro atoms. The highest BCUT2D eigenvalue weighted by atomic mass is 16.3. The summed E-state index contributed by atoms with van der Waals surface area (Å²) in [5, 5.41) is 36.1. The van der Waals surface area contributed by atoms with Crippen LogP contribution in [0, 0.1) is 5.92 Å². The highest BCUT2D eigenvalue weighted by Crippen LogP contribution is 2.21. The Kier molecular flexibility index (Phi) is 27.9. The van der Waals surface area contributed by atoms with Gasteiger partial charge < -0.3 is 20.4 Å². The standard InChI is InChI=1S/C28H59NO4/c30-24-16-19-28(20-17-25-31)18-14-12-10-8-6-4-2-1-3-5-7-9-11-13-15-21-29(22-26-32)23-27-33/h28,30-33H,1-27H2. The molecule has 33 heavy (non-hydrogen) atoms. The van der Waals surface area contributed by atoms with Crippen LogP contribution in [-0.2, 0) is 0 Å². The second kappa shape index (κ2) is 28.0. The normalized spacial score (nSPS) is 11.8. The van der Waals surface area contributed by atoms with E-state index in [0.717, 1.165) is 32.2 Å². The van der Waals surface area contributed by atoms with Crippen LogP contribution in [0.15, 0.2) is 0 Å². The van der Waals surface area contributed by atoms with E-state index >= 15 is 0 Å². The van der Waals surface area contributed by atoms with Crippen molar-refractivity contribution in [3.8, 4) is 0 Å². The molecule has 0 unspecified atom stereocenters. The van der Waals surface area contributed by atoms with E-state index in [-0.39, 0.29) is 13.2 Å². The topological polar surface area (TPSA) is 84.2 Å². The van der Waals surface area contributed by atoms with Crippen LogP contribution >= 0.6 is 0 Å². The SMILES string of the molecule is OCCCC(CCCO)CCCCCCCCCCCCCCCCCN(CCO)CCO. The Morgan fingerprint density at radius 3 is 1.03 bits per heavy atom. The highest BCUT2D eigenvalue weighted by Gasteiger charge is 2.08. The van der Waals surface area contributed by atoms with Gasteiger partial charge in [0.25, 0.3) is 0 Å². The van der Waals surface area contributed by atoms with Gasteiger partial charge >= 0.3 is 0 Å². The predicted molar refractivity (Wildman–Crippen MR) is 141 cm³/mol. The van der Waals surface area contributed by atoms with Crippen molar-refractivity contribution in [1.82, 2.24) is 4.90 Å². The van der Waals surface area contributed by atoms with Crippen molar-refractivity contribution in [1.29, 1.82) is 0 Å². The number of rotatable bonds is 28. The molecule has 0 aliphatic carbocycles. The Morgan fingerprint density at radius 1 is 0.333 bits per heavy atom. The molecule has 0 aromatic carbocycles. The Labute approximate surface area is 206 Å². The number of nitrogens with zero attached hydrogens (tertiary/aromatic N) is 1. The van der Waals surface area contributed by atoms with Crippen LogP contribution in [0.2, 0.25) is 0 Å². The zero-order valence-electron chi connectivity index (χ0n) is 21.9. The van der Waals surface area contributed by atoms with E-state index in [1.165, 1.54) is 103 Å². The van der Waals surface area contributed by atoms with Crippen molar-refractivity contribution in [2.75, 3.05) is 46.1 Å². The first-order valence-corrected chi connectivity index (χ1v) is 14.4. The summed E-state index contributed by atoms with van der Waals surface area (Å²) in [6.45, 7) is 3.32. The van der Waals surface area contributed by atoms with Crippen LogP contribution in [0.1, 0.15) is 128 Å². The molecule has 0 aliphatic rings. The third-order valence-electron chi connectivity index (χ3n) is 6.96. The maximum atomic E-state index is 9.03. The van der Waals surface area contributed by atoms with Gasteiger partial charge in [0, 0.05) is 26.3 Å². The second-order valence-corrected chi connectivity index (χ2v) is 9.98. The number of aliphatic hydroxyl groups is 4. The van der Waals surface area contributed by atoms with Crippen LogP contribution in [-0.4, -0.2) is 71.4 Å². The summed E-state index contributed by atoms with van der Waals surface area (Å²) in [5.41, 5.74) is 0. The fraction of sp³-hybridized carbons (Fsp3) is 1.00. The van der Waals surface area contributed by atoms with E-state index in [4.69, 9.17) is 20.4 Å². The van der Waals surface area contributed by atoms with Gasteiger partial charge in [-0.1, -0.05) is 96.3 Å². The molecule has 4 N–H and O–H groups in total. The minimum Gasteiger partial charge on any atom is -0.396 e. The summed E-state index contributed by atoms with van der Waals surface area (Å²) in [6, 6.07) is 0. The van der Waals surface area contributed by atoms with E-state index in [1.54, 1.807) is 0 Å². The maximum absolute atomic E-state index is 9.03. The van der Waals surface area contributed by atoms with Gasteiger partial charge in [0.05, 0.1) is 13.2 Å². The monoisotopic (exact) mass is 473 g/mol. The Balaban J connectivity index is 3.31. The van der Waals surface area contributed by atoms with Gasteiger partial charge in [-0.3, -0.25) is 4.90 Å². The molecule has 0 aromatic heterocycles. The minimum atomic E-state index is 0.180. The Bertz CT molecular complexity index is 343. The van der Waals surface area contributed by atoms with E-state index in [2.05, 4.69) is 4.90 Å². The molecule has 0 aliphatic heterocycles. The molecule has 0 bridgehead atoms. The van der Waals surface area contributed by atoms with Gasteiger partial charge in [-0.15, -0.1) is 0 Å². The summed E-state index contributed by atoms with van der Waals surface area (Å²) in [7, 11) is 0. The zero-order chi connectivity index (χ0) is 24.2. The van der Waals surface area contributed by atoms with Crippen LogP contribution in [0.25, 0.3) is 0 Å². The number of hydrogen-bond donors (Lipinski definition) is 4. The first kappa shape index (κ1) is 32.8. The number of unbranched alkanes of at least 4 members (excludes halogenated alkanes) is 14. The zero-order valence-corrected chi connectivity index (χ0v) is 21.9. The molecule has 0 amide bonds. The van der Waals surface area contributed by atoms with Crippen molar-refractivity contribution in [2.24, 2.45) is 5.92 Å². The molecule has 0 aromatic rings. The quantitative estimate of drug-likeness (QED) is 0.110.